The molecule has 0 unspecified atom stereocenters. The molecular formula is C17H12ClN5O3S2. The number of aryl methyl sites for hydroxylation is 1. The summed E-state index contributed by atoms with van der Waals surface area (Å²) in [6.07, 6.45) is 0. The van der Waals surface area contributed by atoms with Crippen molar-refractivity contribution in [2.75, 3.05) is 5.32 Å². The van der Waals surface area contributed by atoms with Crippen LogP contribution >= 0.6 is 34.7 Å². The van der Waals surface area contributed by atoms with Crippen LogP contribution in [0, 0.1) is 6.92 Å². The zero-order valence-corrected chi connectivity index (χ0v) is 16.8. The molecule has 3 heterocycles. The molecule has 0 aliphatic rings. The number of hydrogen-bond donors (Lipinski definition) is 1. The van der Waals surface area contributed by atoms with E-state index in [1.54, 1.807) is 37.3 Å². The van der Waals surface area contributed by atoms with Crippen molar-refractivity contribution in [2.45, 2.75) is 17.0 Å². The molecule has 0 radical (unpaired) electrons. The summed E-state index contributed by atoms with van der Waals surface area (Å²) in [6.45, 7) is 1.75. The molecule has 28 heavy (non-hydrogen) atoms. The first kappa shape index (κ1) is 18.7. The molecule has 0 spiro atoms. The monoisotopic (exact) mass is 433 g/mol. The molecule has 0 saturated carbocycles. The largest absolute Gasteiger partial charge is 0.375 e. The van der Waals surface area contributed by atoms with Crippen LogP contribution in [0.1, 0.15) is 21.8 Å². The lowest BCUT2D eigenvalue weighted by Crippen LogP contribution is -2.12. The molecule has 1 amide bonds. The SMILES string of the molecule is Cc1cc2nc(CSc3nnc(NC(=O)c4ccc(Cl)cc4)s3)cc(=O)n2o1. The van der Waals surface area contributed by atoms with E-state index in [9.17, 15) is 9.59 Å². The Bertz CT molecular complexity index is 1220. The lowest BCUT2D eigenvalue weighted by Gasteiger charge is -2.00. The van der Waals surface area contributed by atoms with Gasteiger partial charge in [-0.05, 0) is 31.2 Å². The van der Waals surface area contributed by atoms with Gasteiger partial charge in [-0.2, -0.15) is 0 Å². The number of aromatic nitrogens is 4. The molecule has 0 aliphatic heterocycles. The number of carbonyl (C=O) groups is 1. The maximum absolute atomic E-state index is 12.2. The minimum Gasteiger partial charge on any atom is -0.375 e. The zero-order valence-electron chi connectivity index (χ0n) is 14.4. The van der Waals surface area contributed by atoms with Crippen molar-refractivity contribution in [1.82, 2.24) is 19.8 Å². The minimum absolute atomic E-state index is 0.276. The average molecular weight is 434 g/mol. The number of anilines is 1. The fraction of sp³-hybridized carbons (Fsp3) is 0.118. The van der Waals surface area contributed by atoms with Crippen LogP contribution in [0.2, 0.25) is 5.02 Å². The number of rotatable bonds is 5. The first-order valence-electron chi connectivity index (χ1n) is 8.01. The Morgan fingerprint density at radius 1 is 1.29 bits per heavy atom. The van der Waals surface area contributed by atoms with Gasteiger partial charge in [-0.25, -0.2) is 4.98 Å². The molecule has 142 valence electrons. The molecule has 0 fully saturated rings. The third-order valence-electron chi connectivity index (χ3n) is 3.60. The Balaban J connectivity index is 1.41. The van der Waals surface area contributed by atoms with E-state index in [0.717, 1.165) is 4.57 Å². The molecule has 11 heteroatoms. The van der Waals surface area contributed by atoms with Crippen LogP contribution < -0.4 is 10.9 Å². The molecule has 1 aromatic carbocycles. The quantitative estimate of drug-likeness (QED) is 0.378. The highest BCUT2D eigenvalue weighted by Gasteiger charge is 2.12. The lowest BCUT2D eigenvalue weighted by molar-refractivity contribution is 0.102. The Hall–Kier alpha value is -2.69. The standard InChI is InChI=1S/C17H12ClN5O3S2/c1-9-6-13-19-12(7-14(24)23(13)26-9)8-27-17-22-21-16(28-17)20-15(25)10-2-4-11(18)5-3-10/h2-7H,8H2,1H3,(H,20,21,25). The maximum Gasteiger partial charge on any atom is 0.287 e. The number of carbonyl (C=O) groups excluding carboxylic acids is 1. The summed E-state index contributed by atoms with van der Waals surface area (Å²) in [7, 11) is 0. The van der Waals surface area contributed by atoms with Gasteiger partial charge >= 0.3 is 0 Å². The summed E-state index contributed by atoms with van der Waals surface area (Å²) >= 11 is 8.44. The van der Waals surface area contributed by atoms with E-state index < -0.39 is 0 Å². The van der Waals surface area contributed by atoms with Crippen molar-refractivity contribution in [1.29, 1.82) is 0 Å². The van der Waals surface area contributed by atoms with Crippen molar-refractivity contribution in [3.63, 3.8) is 0 Å². The second-order valence-corrected chi connectivity index (χ2v) is 8.34. The van der Waals surface area contributed by atoms with Gasteiger partial charge < -0.3 is 4.52 Å². The second kappa shape index (κ2) is 7.74. The van der Waals surface area contributed by atoms with E-state index in [4.69, 9.17) is 16.1 Å². The van der Waals surface area contributed by atoms with E-state index >= 15 is 0 Å². The molecule has 4 rings (SSSR count). The summed E-state index contributed by atoms with van der Waals surface area (Å²) < 4.78 is 7.07. The van der Waals surface area contributed by atoms with Gasteiger partial charge in [0.15, 0.2) is 9.99 Å². The Kier molecular flexibility index (Phi) is 5.16. The summed E-state index contributed by atoms with van der Waals surface area (Å²) in [4.78, 5) is 28.6. The summed E-state index contributed by atoms with van der Waals surface area (Å²) in [6, 6.07) is 9.67. The number of nitrogens with one attached hydrogen (secondary N) is 1. The third-order valence-corrected chi connectivity index (χ3v) is 5.86. The van der Waals surface area contributed by atoms with Gasteiger partial charge in [0.2, 0.25) is 5.13 Å². The fourth-order valence-corrected chi connectivity index (χ4v) is 4.14. The van der Waals surface area contributed by atoms with Crippen molar-refractivity contribution >= 4 is 51.4 Å². The fourth-order valence-electron chi connectivity index (χ4n) is 2.37. The topological polar surface area (TPSA) is 102 Å². The van der Waals surface area contributed by atoms with E-state index in [1.807, 2.05) is 0 Å². The van der Waals surface area contributed by atoms with Crippen molar-refractivity contribution in [3.8, 4) is 0 Å². The van der Waals surface area contributed by atoms with Gasteiger partial charge in [-0.15, -0.1) is 14.8 Å². The highest BCUT2D eigenvalue weighted by molar-refractivity contribution is 8.00. The first-order chi connectivity index (χ1) is 13.5. The number of fused-ring (bicyclic) bond motifs is 1. The molecule has 0 bridgehead atoms. The van der Waals surface area contributed by atoms with Crippen LogP contribution in [0.25, 0.3) is 5.65 Å². The molecule has 8 nitrogen and oxygen atoms in total. The Morgan fingerprint density at radius 3 is 2.86 bits per heavy atom. The highest BCUT2D eigenvalue weighted by Crippen LogP contribution is 2.28. The third kappa shape index (κ3) is 4.08. The second-order valence-electron chi connectivity index (χ2n) is 5.71. The van der Waals surface area contributed by atoms with Gasteiger partial charge in [-0.1, -0.05) is 34.7 Å². The number of amides is 1. The van der Waals surface area contributed by atoms with Gasteiger partial charge in [0.05, 0.1) is 5.69 Å². The van der Waals surface area contributed by atoms with Crippen LogP contribution in [0.4, 0.5) is 5.13 Å². The number of benzene rings is 1. The predicted molar refractivity (Wildman–Crippen MR) is 107 cm³/mol. The van der Waals surface area contributed by atoms with E-state index in [2.05, 4.69) is 20.5 Å². The molecule has 4 aromatic rings. The summed E-state index contributed by atoms with van der Waals surface area (Å²) in [5, 5.41) is 11.7. The number of thioether (sulfide) groups is 1. The van der Waals surface area contributed by atoms with Gasteiger partial charge in [0.25, 0.3) is 11.5 Å². The van der Waals surface area contributed by atoms with Crippen molar-refractivity contribution in [2.24, 2.45) is 0 Å². The molecule has 1 N–H and O–H groups in total. The normalized spacial score (nSPS) is 11.1. The minimum atomic E-state index is -0.292. The maximum atomic E-state index is 12.2. The predicted octanol–water partition coefficient (Wildman–Crippen LogP) is 3.65. The van der Waals surface area contributed by atoms with E-state index in [0.29, 0.717) is 42.9 Å². The number of nitrogens with zero attached hydrogens (tertiary/aromatic N) is 4. The van der Waals surface area contributed by atoms with E-state index in [-0.39, 0.29) is 11.5 Å². The molecule has 3 aromatic heterocycles. The van der Waals surface area contributed by atoms with Gasteiger partial charge in [0, 0.05) is 28.5 Å². The molecule has 0 atom stereocenters. The summed E-state index contributed by atoms with van der Waals surface area (Å²) in [5.74, 6) is 0.759. The van der Waals surface area contributed by atoms with Crippen LogP contribution in [0.3, 0.4) is 0 Å². The molecule has 0 aliphatic carbocycles. The molecular weight excluding hydrogens is 422 g/mol. The van der Waals surface area contributed by atoms with Gasteiger partial charge in [0.1, 0.15) is 5.76 Å². The highest BCUT2D eigenvalue weighted by atomic mass is 35.5. The average Bonchev–Trinajstić information content (AvgIpc) is 3.26. The molecule has 0 saturated heterocycles. The summed E-state index contributed by atoms with van der Waals surface area (Å²) in [5.41, 5.74) is 1.27. The van der Waals surface area contributed by atoms with Crippen molar-refractivity contribution < 1.29 is 9.32 Å². The lowest BCUT2D eigenvalue weighted by atomic mass is 10.2. The number of halogens is 1. The Morgan fingerprint density at radius 2 is 2.07 bits per heavy atom. The Labute approximate surface area is 171 Å². The smallest absolute Gasteiger partial charge is 0.287 e. The number of hydrogen-bond acceptors (Lipinski definition) is 8. The van der Waals surface area contributed by atoms with Crippen molar-refractivity contribution in [3.05, 3.63) is 68.8 Å². The first-order valence-corrected chi connectivity index (χ1v) is 10.2. The van der Waals surface area contributed by atoms with Crippen LogP contribution in [0.5, 0.6) is 0 Å². The van der Waals surface area contributed by atoms with Gasteiger partial charge in [-0.3, -0.25) is 14.9 Å². The van der Waals surface area contributed by atoms with Crippen LogP contribution in [-0.2, 0) is 5.75 Å². The van der Waals surface area contributed by atoms with Crippen LogP contribution in [0.15, 0.2) is 50.1 Å². The zero-order chi connectivity index (χ0) is 19.7. The van der Waals surface area contributed by atoms with Crippen LogP contribution in [-0.4, -0.2) is 25.7 Å². The van der Waals surface area contributed by atoms with E-state index in [1.165, 1.54) is 29.2 Å².